The zero-order valence-electron chi connectivity index (χ0n) is 14.8. The second-order valence-corrected chi connectivity index (χ2v) is 7.32. The third-order valence-electron chi connectivity index (χ3n) is 5.32. The van der Waals surface area contributed by atoms with Gasteiger partial charge in [-0.25, -0.2) is 0 Å². The summed E-state index contributed by atoms with van der Waals surface area (Å²) in [5.41, 5.74) is 3.32. The number of fused-ring (bicyclic) bond motifs is 2. The molecular weight excluding hydrogens is 326 g/mol. The van der Waals surface area contributed by atoms with E-state index in [0.29, 0.717) is 16.8 Å². The second kappa shape index (κ2) is 6.83. The Balaban J connectivity index is 1.53. The van der Waals surface area contributed by atoms with E-state index in [2.05, 4.69) is 22.9 Å². The van der Waals surface area contributed by atoms with Crippen molar-refractivity contribution in [2.75, 3.05) is 10.6 Å². The first-order valence-electron chi connectivity index (χ1n) is 9.22. The van der Waals surface area contributed by atoms with Crippen molar-refractivity contribution in [1.29, 1.82) is 0 Å². The molecule has 1 heterocycles. The summed E-state index contributed by atoms with van der Waals surface area (Å²) in [6, 6.07) is 13.0. The molecule has 0 saturated heterocycles. The molecule has 134 valence electrons. The van der Waals surface area contributed by atoms with Gasteiger partial charge in [0.05, 0.1) is 22.6 Å². The van der Waals surface area contributed by atoms with Crippen LogP contribution in [0, 0.1) is 5.92 Å². The first kappa shape index (κ1) is 16.6. The fraction of sp³-hybridized carbons (Fsp3) is 0.333. The first-order valence-corrected chi connectivity index (χ1v) is 9.22. The highest BCUT2D eigenvalue weighted by molar-refractivity contribution is 6.12. The van der Waals surface area contributed by atoms with Gasteiger partial charge in [-0.2, -0.15) is 0 Å². The third kappa shape index (κ3) is 3.29. The molecular formula is C21H23N3O2. The largest absolute Gasteiger partial charge is 0.353 e. The van der Waals surface area contributed by atoms with E-state index >= 15 is 0 Å². The minimum atomic E-state index is -0.175. The van der Waals surface area contributed by atoms with Gasteiger partial charge < -0.3 is 16.0 Å². The number of benzene rings is 2. The van der Waals surface area contributed by atoms with Crippen molar-refractivity contribution in [3.8, 4) is 0 Å². The van der Waals surface area contributed by atoms with E-state index in [1.165, 1.54) is 0 Å². The standard InChI is InChI=1S/C21H23N3O2/c1-13-6-9-15(10-7-13)22-20(25)14-8-11-18-19(12-14)24-21(26)16-4-2-3-5-17(16)23-18/h2-5,8,11-13,15,23H,6-7,9-10H2,1H3,(H,22,25)(H,24,26). The molecule has 1 aliphatic carbocycles. The number of hydrogen-bond donors (Lipinski definition) is 3. The predicted molar refractivity (Wildman–Crippen MR) is 103 cm³/mol. The molecule has 0 spiro atoms. The number of anilines is 3. The fourth-order valence-corrected chi connectivity index (χ4v) is 3.70. The van der Waals surface area contributed by atoms with Crippen LogP contribution in [0.3, 0.4) is 0 Å². The summed E-state index contributed by atoms with van der Waals surface area (Å²) in [7, 11) is 0. The van der Waals surface area contributed by atoms with Crippen LogP contribution in [0.5, 0.6) is 0 Å². The Bertz CT molecular complexity index is 854. The molecule has 26 heavy (non-hydrogen) atoms. The Labute approximate surface area is 153 Å². The van der Waals surface area contributed by atoms with Crippen LogP contribution in [0.25, 0.3) is 0 Å². The molecule has 0 unspecified atom stereocenters. The van der Waals surface area contributed by atoms with Crippen LogP contribution in [0.15, 0.2) is 42.5 Å². The number of hydrogen-bond acceptors (Lipinski definition) is 3. The van der Waals surface area contributed by atoms with E-state index in [-0.39, 0.29) is 17.9 Å². The van der Waals surface area contributed by atoms with Crippen molar-refractivity contribution in [3.05, 3.63) is 53.6 Å². The van der Waals surface area contributed by atoms with Crippen LogP contribution < -0.4 is 16.0 Å². The van der Waals surface area contributed by atoms with Crippen molar-refractivity contribution < 1.29 is 9.59 Å². The molecule has 0 aromatic heterocycles. The van der Waals surface area contributed by atoms with Gasteiger partial charge in [-0.15, -0.1) is 0 Å². The van der Waals surface area contributed by atoms with Crippen LogP contribution in [0.2, 0.25) is 0 Å². The van der Waals surface area contributed by atoms with Gasteiger partial charge in [0.2, 0.25) is 0 Å². The summed E-state index contributed by atoms with van der Waals surface area (Å²) in [6.45, 7) is 2.26. The smallest absolute Gasteiger partial charge is 0.257 e. The van der Waals surface area contributed by atoms with Crippen LogP contribution in [-0.2, 0) is 0 Å². The van der Waals surface area contributed by atoms with E-state index in [1.54, 1.807) is 18.2 Å². The minimum Gasteiger partial charge on any atom is -0.353 e. The quantitative estimate of drug-likeness (QED) is 0.757. The van der Waals surface area contributed by atoms with Crippen LogP contribution in [0.4, 0.5) is 17.1 Å². The van der Waals surface area contributed by atoms with Gasteiger partial charge in [-0.1, -0.05) is 19.1 Å². The van der Waals surface area contributed by atoms with Gasteiger partial charge in [0.15, 0.2) is 0 Å². The topological polar surface area (TPSA) is 70.2 Å². The lowest BCUT2D eigenvalue weighted by Crippen LogP contribution is -2.37. The summed E-state index contributed by atoms with van der Waals surface area (Å²) >= 11 is 0. The number of carbonyl (C=O) groups excluding carboxylic acids is 2. The van der Waals surface area contributed by atoms with Gasteiger partial charge in [0.1, 0.15) is 0 Å². The Hall–Kier alpha value is -2.82. The van der Waals surface area contributed by atoms with E-state index in [9.17, 15) is 9.59 Å². The molecule has 2 amide bonds. The number of para-hydroxylation sites is 1. The molecule has 2 aromatic carbocycles. The second-order valence-electron chi connectivity index (χ2n) is 7.32. The lowest BCUT2D eigenvalue weighted by molar-refractivity contribution is 0.0922. The van der Waals surface area contributed by atoms with Crippen molar-refractivity contribution in [3.63, 3.8) is 0 Å². The minimum absolute atomic E-state index is 0.0802. The van der Waals surface area contributed by atoms with Gasteiger partial charge in [-0.05, 0) is 61.9 Å². The van der Waals surface area contributed by atoms with Gasteiger partial charge in [0, 0.05) is 11.6 Å². The van der Waals surface area contributed by atoms with Gasteiger partial charge in [-0.3, -0.25) is 9.59 Å². The summed E-state index contributed by atoms with van der Waals surface area (Å²) < 4.78 is 0. The lowest BCUT2D eigenvalue weighted by atomic mass is 9.87. The highest BCUT2D eigenvalue weighted by Crippen LogP contribution is 2.32. The van der Waals surface area contributed by atoms with E-state index in [1.807, 2.05) is 24.3 Å². The van der Waals surface area contributed by atoms with Crippen molar-refractivity contribution in [2.45, 2.75) is 38.6 Å². The molecule has 1 fully saturated rings. The molecule has 2 aliphatic rings. The van der Waals surface area contributed by atoms with Crippen LogP contribution in [0.1, 0.15) is 53.3 Å². The fourth-order valence-electron chi connectivity index (χ4n) is 3.70. The SMILES string of the molecule is CC1CCC(NC(=O)c2ccc3c(c2)NC(=O)c2ccccc2N3)CC1. The lowest BCUT2D eigenvalue weighted by Gasteiger charge is -2.27. The molecule has 0 bridgehead atoms. The Morgan fingerprint density at radius 2 is 1.73 bits per heavy atom. The Morgan fingerprint density at radius 3 is 2.54 bits per heavy atom. The van der Waals surface area contributed by atoms with Gasteiger partial charge >= 0.3 is 0 Å². The summed E-state index contributed by atoms with van der Waals surface area (Å²) in [4.78, 5) is 25.1. The molecule has 3 N–H and O–H groups in total. The highest BCUT2D eigenvalue weighted by Gasteiger charge is 2.22. The van der Waals surface area contributed by atoms with Crippen LogP contribution >= 0.6 is 0 Å². The maximum Gasteiger partial charge on any atom is 0.257 e. The summed E-state index contributed by atoms with van der Waals surface area (Å²) in [5.74, 6) is 0.493. The van der Waals surface area contributed by atoms with Crippen molar-refractivity contribution >= 4 is 28.9 Å². The number of carbonyl (C=O) groups is 2. The van der Waals surface area contributed by atoms with Crippen molar-refractivity contribution in [2.24, 2.45) is 5.92 Å². The highest BCUT2D eigenvalue weighted by atomic mass is 16.2. The number of rotatable bonds is 2. The van der Waals surface area contributed by atoms with E-state index in [4.69, 9.17) is 0 Å². The molecule has 1 saturated carbocycles. The average Bonchev–Trinajstić information content (AvgIpc) is 2.79. The van der Waals surface area contributed by atoms with E-state index in [0.717, 1.165) is 43.0 Å². The maximum atomic E-state index is 12.6. The molecule has 4 rings (SSSR count). The monoisotopic (exact) mass is 349 g/mol. The zero-order valence-corrected chi connectivity index (χ0v) is 14.8. The zero-order chi connectivity index (χ0) is 18.1. The van der Waals surface area contributed by atoms with Gasteiger partial charge in [0.25, 0.3) is 11.8 Å². The molecule has 5 nitrogen and oxygen atoms in total. The van der Waals surface area contributed by atoms with Crippen molar-refractivity contribution in [1.82, 2.24) is 5.32 Å². The number of amides is 2. The predicted octanol–water partition coefficient (Wildman–Crippen LogP) is 4.30. The molecule has 0 radical (unpaired) electrons. The maximum absolute atomic E-state index is 12.6. The average molecular weight is 349 g/mol. The molecule has 1 aliphatic heterocycles. The van der Waals surface area contributed by atoms with Crippen LogP contribution in [-0.4, -0.2) is 17.9 Å². The molecule has 5 heteroatoms. The molecule has 2 aromatic rings. The first-order chi connectivity index (χ1) is 12.6. The summed E-state index contributed by atoms with van der Waals surface area (Å²) in [6.07, 6.45) is 4.39. The Kier molecular flexibility index (Phi) is 4.37. The normalized spacial score (nSPS) is 21.5. The third-order valence-corrected chi connectivity index (χ3v) is 5.32. The molecule has 0 atom stereocenters. The Morgan fingerprint density at radius 1 is 0.962 bits per heavy atom. The summed E-state index contributed by atoms with van der Waals surface area (Å²) in [5, 5.41) is 9.31. The number of nitrogens with one attached hydrogen (secondary N) is 3. The van der Waals surface area contributed by atoms with E-state index < -0.39 is 0 Å².